The molecular formula is C23H25FN4O2. The van der Waals surface area contributed by atoms with Crippen LogP contribution in [0.2, 0.25) is 0 Å². The SMILES string of the molecule is CCCCNC(=O)Nc1ccc(-c2c(C#N)c3ccc(OC)cc3n2CC)cc1F. The Labute approximate surface area is 175 Å². The Morgan fingerprint density at radius 3 is 2.67 bits per heavy atom. The zero-order chi connectivity index (χ0) is 21.7. The van der Waals surface area contributed by atoms with Crippen LogP contribution in [0.1, 0.15) is 32.3 Å². The van der Waals surface area contributed by atoms with Crippen LogP contribution in [0.25, 0.3) is 22.2 Å². The van der Waals surface area contributed by atoms with Gasteiger partial charge < -0.3 is 19.9 Å². The highest BCUT2D eigenvalue weighted by Gasteiger charge is 2.20. The van der Waals surface area contributed by atoms with Crippen LogP contribution >= 0.6 is 0 Å². The first kappa shape index (κ1) is 21.2. The van der Waals surface area contributed by atoms with Crippen molar-refractivity contribution >= 4 is 22.6 Å². The molecule has 3 aromatic rings. The third-order valence-corrected chi connectivity index (χ3v) is 5.01. The molecule has 0 radical (unpaired) electrons. The molecule has 0 spiro atoms. The van der Waals surface area contributed by atoms with Crippen LogP contribution in [0.3, 0.4) is 0 Å². The van der Waals surface area contributed by atoms with Crippen molar-refractivity contribution in [1.82, 2.24) is 9.88 Å². The maximum atomic E-state index is 14.8. The monoisotopic (exact) mass is 408 g/mol. The second kappa shape index (κ2) is 9.31. The molecule has 0 fully saturated rings. The van der Waals surface area contributed by atoms with Crippen molar-refractivity contribution in [2.24, 2.45) is 0 Å². The average Bonchev–Trinajstić information content (AvgIpc) is 3.07. The normalized spacial score (nSPS) is 10.6. The summed E-state index contributed by atoms with van der Waals surface area (Å²) in [4.78, 5) is 11.9. The van der Waals surface area contributed by atoms with Gasteiger partial charge in [0.1, 0.15) is 17.6 Å². The number of rotatable bonds is 7. The van der Waals surface area contributed by atoms with Crippen LogP contribution in [-0.2, 0) is 6.54 Å². The van der Waals surface area contributed by atoms with Crippen LogP contribution in [0.5, 0.6) is 5.75 Å². The molecule has 2 amide bonds. The number of carbonyl (C=O) groups excluding carboxylic acids is 1. The highest BCUT2D eigenvalue weighted by molar-refractivity contribution is 5.96. The summed E-state index contributed by atoms with van der Waals surface area (Å²) >= 11 is 0. The molecule has 0 unspecified atom stereocenters. The highest BCUT2D eigenvalue weighted by atomic mass is 19.1. The second-order valence-electron chi connectivity index (χ2n) is 6.89. The van der Waals surface area contributed by atoms with Gasteiger partial charge in [-0.2, -0.15) is 5.26 Å². The predicted octanol–water partition coefficient (Wildman–Crippen LogP) is 5.27. The maximum Gasteiger partial charge on any atom is 0.319 e. The summed E-state index contributed by atoms with van der Waals surface area (Å²) in [7, 11) is 1.59. The Morgan fingerprint density at radius 1 is 1.23 bits per heavy atom. The lowest BCUT2D eigenvalue weighted by molar-refractivity contribution is 0.252. The molecule has 0 atom stereocenters. The number of halogens is 1. The number of ether oxygens (including phenoxy) is 1. The molecule has 2 aromatic carbocycles. The summed E-state index contributed by atoms with van der Waals surface area (Å²) in [6.45, 7) is 5.13. The van der Waals surface area contributed by atoms with E-state index in [4.69, 9.17) is 4.74 Å². The number of carbonyl (C=O) groups is 1. The fraction of sp³-hybridized carbons (Fsp3) is 0.304. The molecule has 7 heteroatoms. The average molecular weight is 408 g/mol. The Balaban J connectivity index is 2.00. The zero-order valence-electron chi connectivity index (χ0n) is 17.4. The lowest BCUT2D eigenvalue weighted by Gasteiger charge is -2.12. The highest BCUT2D eigenvalue weighted by Crippen LogP contribution is 2.36. The topological polar surface area (TPSA) is 79.1 Å². The van der Waals surface area contributed by atoms with Gasteiger partial charge in [0.2, 0.25) is 0 Å². The van der Waals surface area contributed by atoms with Gasteiger partial charge in [-0.05, 0) is 37.6 Å². The number of urea groups is 1. The smallest absolute Gasteiger partial charge is 0.319 e. The largest absolute Gasteiger partial charge is 0.497 e. The van der Waals surface area contributed by atoms with Crippen molar-refractivity contribution in [3.8, 4) is 23.1 Å². The van der Waals surface area contributed by atoms with Crippen molar-refractivity contribution in [2.45, 2.75) is 33.2 Å². The molecule has 0 aliphatic heterocycles. The molecule has 2 N–H and O–H groups in total. The molecule has 30 heavy (non-hydrogen) atoms. The molecule has 0 saturated heterocycles. The van der Waals surface area contributed by atoms with Gasteiger partial charge in [-0.15, -0.1) is 0 Å². The van der Waals surface area contributed by atoms with Crippen LogP contribution in [0, 0.1) is 17.1 Å². The Bertz CT molecular complexity index is 1110. The first-order valence-electron chi connectivity index (χ1n) is 9.99. The van der Waals surface area contributed by atoms with Gasteiger partial charge in [0.05, 0.1) is 29.6 Å². The van der Waals surface area contributed by atoms with E-state index in [-0.39, 0.29) is 5.69 Å². The number of hydrogen-bond acceptors (Lipinski definition) is 3. The summed E-state index contributed by atoms with van der Waals surface area (Å²) in [6, 6.07) is 11.9. The number of amides is 2. The number of benzene rings is 2. The number of nitriles is 1. The fourth-order valence-corrected chi connectivity index (χ4v) is 3.51. The Morgan fingerprint density at radius 2 is 2.03 bits per heavy atom. The third-order valence-electron chi connectivity index (χ3n) is 5.01. The van der Waals surface area contributed by atoms with Gasteiger partial charge in [0.15, 0.2) is 0 Å². The minimum atomic E-state index is -0.562. The maximum absolute atomic E-state index is 14.8. The molecule has 0 aliphatic carbocycles. The predicted molar refractivity (Wildman–Crippen MR) is 116 cm³/mol. The number of fused-ring (bicyclic) bond motifs is 1. The van der Waals surface area contributed by atoms with Crippen LogP contribution in [-0.4, -0.2) is 24.3 Å². The number of nitrogens with one attached hydrogen (secondary N) is 2. The molecule has 0 bridgehead atoms. The van der Waals surface area contributed by atoms with E-state index >= 15 is 0 Å². The number of hydrogen-bond donors (Lipinski definition) is 2. The number of unbranched alkanes of at least 4 members (excludes halogenated alkanes) is 1. The summed E-state index contributed by atoms with van der Waals surface area (Å²) < 4.78 is 22.1. The van der Waals surface area contributed by atoms with Crippen molar-refractivity contribution in [3.63, 3.8) is 0 Å². The Kier molecular flexibility index (Phi) is 6.58. The molecule has 3 rings (SSSR count). The first-order chi connectivity index (χ1) is 14.5. The van der Waals surface area contributed by atoms with Gasteiger partial charge >= 0.3 is 6.03 Å². The van der Waals surface area contributed by atoms with Crippen molar-refractivity contribution in [1.29, 1.82) is 5.26 Å². The van der Waals surface area contributed by atoms with E-state index in [1.54, 1.807) is 19.2 Å². The van der Waals surface area contributed by atoms with Crippen molar-refractivity contribution < 1.29 is 13.9 Å². The van der Waals surface area contributed by atoms with Gasteiger partial charge in [-0.1, -0.05) is 19.4 Å². The molecule has 0 aliphatic rings. The van der Waals surface area contributed by atoms with Gasteiger partial charge in [-0.25, -0.2) is 9.18 Å². The molecular weight excluding hydrogens is 383 g/mol. The molecule has 0 saturated carbocycles. The minimum Gasteiger partial charge on any atom is -0.497 e. The lowest BCUT2D eigenvalue weighted by atomic mass is 10.1. The standard InChI is InChI=1S/C23H25FN4O2/c1-4-6-11-26-23(29)27-20-10-7-15(12-19(20)24)22-18(14-25)17-9-8-16(30-3)13-21(17)28(22)5-2/h7-10,12-13H,4-6,11H2,1-3H3,(H2,26,27,29). The third kappa shape index (κ3) is 4.08. The second-order valence-corrected chi connectivity index (χ2v) is 6.89. The van der Waals surface area contributed by atoms with E-state index in [1.165, 1.54) is 12.1 Å². The van der Waals surface area contributed by atoms with E-state index < -0.39 is 11.8 Å². The number of nitrogens with zero attached hydrogens (tertiary/aromatic N) is 2. The molecule has 6 nitrogen and oxygen atoms in total. The summed E-state index contributed by atoms with van der Waals surface area (Å²) in [6.07, 6.45) is 1.82. The van der Waals surface area contributed by atoms with Crippen LogP contribution < -0.4 is 15.4 Å². The zero-order valence-corrected chi connectivity index (χ0v) is 17.4. The van der Waals surface area contributed by atoms with E-state index in [1.807, 2.05) is 30.5 Å². The van der Waals surface area contributed by atoms with Crippen molar-refractivity contribution in [3.05, 3.63) is 47.8 Å². The number of aryl methyl sites for hydroxylation is 1. The van der Waals surface area contributed by atoms with Gasteiger partial charge in [0.25, 0.3) is 0 Å². The van der Waals surface area contributed by atoms with Gasteiger partial charge in [-0.3, -0.25) is 0 Å². The molecule has 156 valence electrons. The molecule has 1 aromatic heterocycles. The van der Waals surface area contributed by atoms with E-state index in [0.717, 1.165) is 23.7 Å². The van der Waals surface area contributed by atoms with Gasteiger partial charge in [0, 0.05) is 30.1 Å². The lowest BCUT2D eigenvalue weighted by Crippen LogP contribution is -2.29. The quantitative estimate of drug-likeness (QED) is 0.523. The van der Waals surface area contributed by atoms with Crippen LogP contribution in [0.15, 0.2) is 36.4 Å². The summed E-state index contributed by atoms with van der Waals surface area (Å²) in [5, 5.41) is 15.8. The van der Waals surface area contributed by atoms with Crippen molar-refractivity contribution in [2.75, 3.05) is 19.0 Å². The first-order valence-corrected chi connectivity index (χ1v) is 9.99. The summed E-state index contributed by atoms with van der Waals surface area (Å²) in [5.74, 6) is 0.123. The van der Waals surface area contributed by atoms with E-state index in [0.29, 0.717) is 35.7 Å². The summed E-state index contributed by atoms with van der Waals surface area (Å²) in [5.41, 5.74) is 2.62. The number of methoxy groups -OCH3 is 1. The minimum absolute atomic E-state index is 0.0899. The number of aromatic nitrogens is 1. The fourth-order valence-electron chi connectivity index (χ4n) is 3.51. The molecule has 1 heterocycles. The van der Waals surface area contributed by atoms with Crippen LogP contribution in [0.4, 0.5) is 14.9 Å². The van der Waals surface area contributed by atoms with E-state index in [2.05, 4.69) is 16.7 Å². The number of anilines is 1. The Hall–Kier alpha value is -3.53. The van der Waals surface area contributed by atoms with E-state index in [9.17, 15) is 14.4 Å².